The van der Waals surface area contributed by atoms with Crippen LogP contribution < -0.4 is 5.32 Å². The molecule has 8 heteroatoms. The molecule has 0 saturated carbocycles. The lowest BCUT2D eigenvalue weighted by Gasteiger charge is -2.28. The van der Waals surface area contributed by atoms with Gasteiger partial charge in [-0.2, -0.15) is 4.98 Å². The second-order valence-electron chi connectivity index (χ2n) is 6.01. The highest BCUT2D eigenvalue weighted by Crippen LogP contribution is 2.18. The third-order valence-corrected chi connectivity index (χ3v) is 4.12. The Kier molecular flexibility index (Phi) is 4.12. The summed E-state index contributed by atoms with van der Waals surface area (Å²) in [5.74, 6) is 0.470. The van der Waals surface area contributed by atoms with Crippen molar-refractivity contribution >= 4 is 22.8 Å². The van der Waals surface area contributed by atoms with Crippen LogP contribution >= 0.6 is 0 Å². The highest BCUT2D eigenvalue weighted by atomic mass is 16.5. The molecule has 2 N–H and O–H groups in total. The van der Waals surface area contributed by atoms with Gasteiger partial charge in [0.15, 0.2) is 5.82 Å². The molecule has 4 rings (SSSR count). The van der Waals surface area contributed by atoms with Gasteiger partial charge in [0.2, 0.25) is 5.95 Å². The lowest BCUT2D eigenvalue weighted by atomic mass is 10.2. The fraction of sp³-hybridized carbons (Fsp3) is 0.294. The highest BCUT2D eigenvalue weighted by Gasteiger charge is 2.25. The molecule has 1 aliphatic heterocycles. The third kappa shape index (κ3) is 3.35. The van der Waals surface area contributed by atoms with Gasteiger partial charge in [-0.1, -0.05) is 24.3 Å². The maximum Gasteiger partial charge on any atom is 0.257 e. The number of carbonyl (C=O) groups excluding carboxylic acids is 1. The summed E-state index contributed by atoms with van der Waals surface area (Å²) in [5, 5.41) is 10.6. The number of benzene rings is 1. The van der Waals surface area contributed by atoms with E-state index in [0.717, 1.165) is 17.4 Å². The Labute approximate surface area is 144 Å². The molecule has 0 aliphatic carbocycles. The van der Waals surface area contributed by atoms with Crippen molar-refractivity contribution in [1.82, 2.24) is 25.1 Å². The number of pyridine rings is 1. The van der Waals surface area contributed by atoms with Crippen LogP contribution in [0.25, 0.3) is 22.4 Å². The SMILES string of the molecule is CN1CCO[C@@H](C(=O)Nc2n[nH]c(-c3ccc4ccccc4n3)n2)C1. The van der Waals surface area contributed by atoms with Crippen LogP contribution in [0.4, 0.5) is 5.95 Å². The van der Waals surface area contributed by atoms with E-state index in [1.807, 2.05) is 43.4 Å². The number of likely N-dealkylation sites (N-methyl/N-ethyl adjacent to an activating group) is 1. The van der Waals surface area contributed by atoms with Crippen LogP contribution in [0.15, 0.2) is 36.4 Å². The minimum Gasteiger partial charge on any atom is -0.366 e. The lowest BCUT2D eigenvalue weighted by Crippen LogP contribution is -2.46. The van der Waals surface area contributed by atoms with E-state index in [2.05, 4.69) is 30.4 Å². The number of ether oxygens (including phenoxy) is 1. The van der Waals surface area contributed by atoms with Crippen molar-refractivity contribution in [1.29, 1.82) is 0 Å². The summed E-state index contributed by atoms with van der Waals surface area (Å²) in [6, 6.07) is 11.7. The monoisotopic (exact) mass is 338 g/mol. The number of nitrogens with zero attached hydrogens (tertiary/aromatic N) is 4. The topological polar surface area (TPSA) is 96.0 Å². The number of anilines is 1. The molecule has 1 atom stereocenters. The second kappa shape index (κ2) is 6.58. The molecule has 0 spiro atoms. The van der Waals surface area contributed by atoms with Crippen LogP contribution in [0.5, 0.6) is 0 Å². The van der Waals surface area contributed by atoms with Gasteiger partial charge >= 0.3 is 0 Å². The Morgan fingerprint density at radius 3 is 3.04 bits per heavy atom. The molecule has 25 heavy (non-hydrogen) atoms. The molecule has 3 aromatic rings. The van der Waals surface area contributed by atoms with Gasteiger partial charge in [-0.3, -0.25) is 15.2 Å². The Balaban J connectivity index is 1.50. The first-order valence-electron chi connectivity index (χ1n) is 8.08. The fourth-order valence-electron chi connectivity index (χ4n) is 2.76. The number of nitrogens with one attached hydrogen (secondary N) is 2. The highest BCUT2D eigenvalue weighted by molar-refractivity contribution is 5.93. The van der Waals surface area contributed by atoms with E-state index in [1.54, 1.807) is 0 Å². The van der Waals surface area contributed by atoms with E-state index in [1.165, 1.54) is 0 Å². The third-order valence-electron chi connectivity index (χ3n) is 4.12. The number of aromatic nitrogens is 4. The van der Waals surface area contributed by atoms with Gasteiger partial charge in [0, 0.05) is 18.5 Å². The number of para-hydroxylation sites is 1. The molecule has 8 nitrogen and oxygen atoms in total. The van der Waals surface area contributed by atoms with Crippen molar-refractivity contribution in [3.8, 4) is 11.5 Å². The van der Waals surface area contributed by atoms with Crippen molar-refractivity contribution in [3.05, 3.63) is 36.4 Å². The molecule has 0 unspecified atom stereocenters. The van der Waals surface area contributed by atoms with Gasteiger partial charge in [-0.05, 0) is 19.2 Å². The van der Waals surface area contributed by atoms with Gasteiger partial charge in [0.05, 0.1) is 12.1 Å². The van der Waals surface area contributed by atoms with Crippen molar-refractivity contribution in [2.45, 2.75) is 6.10 Å². The van der Waals surface area contributed by atoms with Crippen LogP contribution in [0.1, 0.15) is 0 Å². The number of H-pyrrole nitrogens is 1. The Hall–Kier alpha value is -2.84. The predicted octanol–water partition coefficient (Wildman–Crippen LogP) is 1.29. The average molecular weight is 338 g/mol. The van der Waals surface area contributed by atoms with Crippen molar-refractivity contribution in [3.63, 3.8) is 0 Å². The van der Waals surface area contributed by atoms with E-state index >= 15 is 0 Å². The summed E-state index contributed by atoms with van der Waals surface area (Å²) in [7, 11) is 1.96. The summed E-state index contributed by atoms with van der Waals surface area (Å²) in [6.45, 7) is 1.91. The zero-order valence-electron chi connectivity index (χ0n) is 13.8. The van der Waals surface area contributed by atoms with Crippen LogP contribution in [-0.4, -0.2) is 63.8 Å². The summed E-state index contributed by atoms with van der Waals surface area (Å²) in [6.07, 6.45) is -0.514. The number of hydrogen-bond donors (Lipinski definition) is 2. The Morgan fingerprint density at radius 1 is 1.28 bits per heavy atom. The molecule has 3 heterocycles. The van der Waals surface area contributed by atoms with Gasteiger partial charge < -0.3 is 9.64 Å². The normalized spacial score (nSPS) is 18.4. The minimum absolute atomic E-state index is 0.215. The van der Waals surface area contributed by atoms with Crippen LogP contribution in [0.3, 0.4) is 0 Å². The second-order valence-corrected chi connectivity index (χ2v) is 6.01. The average Bonchev–Trinajstić information content (AvgIpc) is 3.10. The first-order valence-corrected chi connectivity index (χ1v) is 8.08. The number of amides is 1. The Morgan fingerprint density at radius 2 is 2.16 bits per heavy atom. The largest absolute Gasteiger partial charge is 0.366 e. The summed E-state index contributed by atoms with van der Waals surface area (Å²) >= 11 is 0. The zero-order chi connectivity index (χ0) is 17.2. The molecular weight excluding hydrogens is 320 g/mol. The van der Waals surface area contributed by atoms with Crippen molar-refractivity contribution in [2.75, 3.05) is 32.1 Å². The first kappa shape index (κ1) is 15.7. The summed E-state index contributed by atoms with van der Waals surface area (Å²) in [5.41, 5.74) is 1.54. The number of morpholine rings is 1. The van der Waals surface area contributed by atoms with Crippen molar-refractivity contribution in [2.24, 2.45) is 0 Å². The molecule has 1 aliphatic rings. The van der Waals surface area contributed by atoms with E-state index in [4.69, 9.17) is 4.74 Å². The zero-order valence-corrected chi connectivity index (χ0v) is 13.8. The number of rotatable bonds is 3. The molecule has 0 radical (unpaired) electrons. The molecule has 0 bridgehead atoms. The van der Waals surface area contributed by atoms with E-state index in [-0.39, 0.29) is 11.9 Å². The van der Waals surface area contributed by atoms with Crippen molar-refractivity contribution < 1.29 is 9.53 Å². The quantitative estimate of drug-likeness (QED) is 0.747. The number of aromatic amines is 1. The maximum absolute atomic E-state index is 12.3. The van der Waals surface area contributed by atoms with Gasteiger partial charge in [-0.15, -0.1) is 5.10 Å². The summed E-state index contributed by atoms with van der Waals surface area (Å²) < 4.78 is 5.49. The van der Waals surface area contributed by atoms with Gasteiger partial charge in [0.1, 0.15) is 11.8 Å². The van der Waals surface area contributed by atoms with Gasteiger partial charge in [-0.25, -0.2) is 4.98 Å². The molecule has 1 amide bonds. The van der Waals surface area contributed by atoms with Crippen LogP contribution in [-0.2, 0) is 9.53 Å². The smallest absolute Gasteiger partial charge is 0.257 e. The van der Waals surface area contributed by atoms with E-state index in [9.17, 15) is 4.79 Å². The molecule has 1 aromatic carbocycles. The molecule has 1 saturated heterocycles. The van der Waals surface area contributed by atoms with Crippen LogP contribution in [0.2, 0.25) is 0 Å². The standard InChI is InChI=1S/C17H18N6O2/c1-23-8-9-25-14(10-23)16(24)20-17-19-15(21-22-17)13-7-6-11-4-2-3-5-12(11)18-13/h2-7,14H,8-10H2,1H3,(H2,19,20,21,22,24)/t14-/m1/s1. The lowest BCUT2D eigenvalue weighted by molar-refractivity contribution is -0.132. The molecule has 128 valence electrons. The van der Waals surface area contributed by atoms with Crippen LogP contribution in [0, 0.1) is 0 Å². The number of carbonyl (C=O) groups is 1. The first-order chi connectivity index (χ1) is 12.2. The predicted molar refractivity (Wildman–Crippen MR) is 93.0 cm³/mol. The molecule has 2 aromatic heterocycles. The Bertz CT molecular complexity index is 909. The van der Waals surface area contributed by atoms with E-state index in [0.29, 0.717) is 24.7 Å². The molecular formula is C17H18N6O2. The van der Waals surface area contributed by atoms with E-state index < -0.39 is 6.10 Å². The van der Waals surface area contributed by atoms with Gasteiger partial charge in [0.25, 0.3) is 5.91 Å². The number of hydrogen-bond acceptors (Lipinski definition) is 6. The number of fused-ring (bicyclic) bond motifs is 1. The summed E-state index contributed by atoms with van der Waals surface area (Å²) in [4.78, 5) is 23.2. The minimum atomic E-state index is -0.514. The fourth-order valence-corrected chi connectivity index (χ4v) is 2.76. The molecule has 1 fully saturated rings. The maximum atomic E-state index is 12.3.